The molecule has 120 valence electrons. The summed E-state index contributed by atoms with van der Waals surface area (Å²) in [6.45, 7) is 0. The Kier molecular flexibility index (Phi) is 4.30. The number of hydrogen-bond acceptors (Lipinski definition) is 3. The molecule has 0 atom stereocenters. The van der Waals surface area contributed by atoms with Crippen molar-refractivity contribution in [3.63, 3.8) is 0 Å². The number of aromatic nitrogens is 2. The lowest BCUT2D eigenvalue weighted by Crippen LogP contribution is -2.21. The highest BCUT2D eigenvalue weighted by Gasteiger charge is 2.29. The average Bonchev–Trinajstić information content (AvgIpc) is 2.52. The number of hydrogen-bond donors (Lipinski definition) is 1. The van der Waals surface area contributed by atoms with E-state index in [1.54, 1.807) is 23.9 Å². The second-order valence-electron chi connectivity index (χ2n) is 5.13. The van der Waals surface area contributed by atoms with E-state index in [0.29, 0.717) is 22.7 Å². The van der Waals surface area contributed by atoms with Crippen molar-refractivity contribution in [2.75, 3.05) is 5.75 Å². The summed E-state index contributed by atoms with van der Waals surface area (Å²) in [5.74, 6) is 2.02. The van der Waals surface area contributed by atoms with Gasteiger partial charge in [-0.15, -0.1) is 0 Å². The number of aromatic amines is 1. The number of H-pyrrole nitrogens is 1. The van der Waals surface area contributed by atoms with Gasteiger partial charge >= 0.3 is 6.18 Å². The van der Waals surface area contributed by atoms with Crippen molar-refractivity contribution in [1.82, 2.24) is 9.97 Å². The minimum Gasteiger partial charge on any atom is -0.307 e. The first-order valence-corrected chi connectivity index (χ1v) is 8.14. The third-order valence-electron chi connectivity index (χ3n) is 3.52. The van der Waals surface area contributed by atoms with Crippen LogP contribution in [-0.2, 0) is 18.3 Å². The van der Waals surface area contributed by atoms with Gasteiger partial charge in [-0.1, -0.05) is 18.2 Å². The van der Waals surface area contributed by atoms with Crippen molar-refractivity contribution in [1.29, 1.82) is 0 Å². The Morgan fingerprint density at radius 2 is 1.91 bits per heavy atom. The first-order valence-electron chi connectivity index (χ1n) is 6.98. The van der Waals surface area contributed by atoms with Crippen LogP contribution in [0, 0.1) is 0 Å². The standard InChI is InChI=1S/C16H13F3N2OS/c17-16(18,19)11-4-1-10(2-5-11)3-6-14-20-13-7-8-23-9-12(13)15(22)21-14/h1-6H,7-9H2,(H,20,21,22)/b6-3+. The van der Waals surface area contributed by atoms with Crippen LogP contribution < -0.4 is 5.56 Å². The maximum Gasteiger partial charge on any atom is 0.416 e. The number of aryl methyl sites for hydroxylation is 1. The van der Waals surface area contributed by atoms with Crippen LogP contribution in [0.4, 0.5) is 13.2 Å². The van der Waals surface area contributed by atoms with Gasteiger partial charge in [0.15, 0.2) is 0 Å². The lowest BCUT2D eigenvalue weighted by atomic mass is 10.1. The molecule has 0 saturated heterocycles. The lowest BCUT2D eigenvalue weighted by molar-refractivity contribution is -0.137. The summed E-state index contributed by atoms with van der Waals surface area (Å²) in [5, 5.41) is 0. The van der Waals surface area contributed by atoms with Gasteiger partial charge in [-0.2, -0.15) is 24.9 Å². The summed E-state index contributed by atoms with van der Waals surface area (Å²) in [5.41, 5.74) is 1.29. The molecule has 1 aromatic heterocycles. The second kappa shape index (κ2) is 6.23. The molecular formula is C16H13F3N2OS. The van der Waals surface area contributed by atoms with Crippen molar-refractivity contribution in [3.8, 4) is 0 Å². The van der Waals surface area contributed by atoms with E-state index in [1.807, 2.05) is 0 Å². The Bertz CT molecular complexity index is 794. The third-order valence-corrected chi connectivity index (χ3v) is 4.51. The number of halogens is 3. The molecule has 23 heavy (non-hydrogen) atoms. The smallest absolute Gasteiger partial charge is 0.307 e. The van der Waals surface area contributed by atoms with Crippen molar-refractivity contribution in [2.24, 2.45) is 0 Å². The highest BCUT2D eigenvalue weighted by atomic mass is 32.2. The molecule has 0 radical (unpaired) electrons. The molecule has 1 aliphatic rings. The molecule has 0 aliphatic carbocycles. The monoisotopic (exact) mass is 338 g/mol. The minimum absolute atomic E-state index is 0.144. The Labute approximate surface area is 134 Å². The molecule has 0 unspecified atom stereocenters. The van der Waals surface area contributed by atoms with Crippen molar-refractivity contribution in [3.05, 3.63) is 62.8 Å². The topological polar surface area (TPSA) is 45.8 Å². The molecule has 0 fully saturated rings. The fourth-order valence-electron chi connectivity index (χ4n) is 2.30. The van der Waals surface area contributed by atoms with Crippen LogP contribution in [0.5, 0.6) is 0 Å². The Morgan fingerprint density at radius 3 is 2.61 bits per heavy atom. The molecule has 0 saturated carbocycles. The largest absolute Gasteiger partial charge is 0.416 e. The predicted molar refractivity (Wildman–Crippen MR) is 85.1 cm³/mol. The van der Waals surface area contributed by atoms with Gasteiger partial charge in [0.2, 0.25) is 0 Å². The third kappa shape index (κ3) is 3.67. The number of benzene rings is 1. The summed E-state index contributed by atoms with van der Waals surface area (Å²) in [7, 11) is 0. The van der Waals surface area contributed by atoms with Gasteiger partial charge in [-0.3, -0.25) is 4.79 Å². The van der Waals surface area contributed by atoms with E-state index < -0.39 is 11.7 Å². The SMILES string of the molecule is O=c1[nH]c(/C=C/c2ccc(C(F)(F)F)cc2)nc2c1CSCC2. The van der Waals surface area contributed by atoms with E-state index >= 15 is 0 Å². The molecule has 1 aliphatic heterocycles. The number of fused-ring (bicyclic) bond motifs is 1. The maximum absolute atomic E-state index is 12.5. The summed E-state index contributed by atoms with van der Waals surface area (Å²) in [6.07, 6.45) is -0.356. The molecule has 7 heteroatoms. The fraction of sp³-hybridized carbons (Fsp3) is 0.250. The molecule has 2 aromatic rings. The molecular weight excluding hydrogens is 325 g/mol. The maximum atomic E-state index is 12.5. The minimum atomic E-state index is -4.34. The first kappa shape index (κ1) is 15.9. The van der Waals surface area contributed by atoms with Crippen LogP contribution in [0.2, 0.25) is 0 Å². The van der Waals surface area contributed by atoms with Crippen LogP contribution in [0.3, 0.4) is 0 Å². The summed E-state index contributed by atoms with van der Waals surface area (Å²) in [4.78, 5) is 19.1. The summed E-state index contributed by atoms with van der Waals surface area (Å²) < 4.78 is 37.5. The number of alkyl halides is 3. The van der Waals surface area contributed by atoms with Gasteiger partial charge in [-0.05, 0) is 35.9 Å². The van der Waals surface area contributed by atoms with E-state index in [2.05, 4.69) is 9.97 Å². The summed E-state index contributed by atoms with van der Waals surface area (Å²) >= 11 is 1.70. The quantitative estimate of drug-likeness (QED) is 0.907. The molecule has 3 nitrogen and oxygen atoms in total. The van der Waals surface area contributed by atoms with Crippen LogP contribution in [0.25, 0.3) is 12.2 Å². The van der Waals surface area contributed by atoms with Gasteiger partial charge in [0, 0.05) is 11.3 Å². The number of nitrogens with one attached hydrogen (secondary N) is 1. The first-order chi connectivity index (χ1) is 10.9. The van der Waals surface area contributed by atoms with E-state index in [-0.39, 0.29) is 5.56 Å². The van der Waals surface area contributed by atoms with Crippen LogP contribution in [-0.4, -0.2) is 15.7 Å². The highest BCUT2D eigenvalue weighted by molar-refractivity contribution is 7.98. The van der Waals surface area contributed by atoms with Crippen LogP contribution in [0.1, 0.15) is 28.2 Å². The Balaban J connectivity index is 1.83. The average molecular weight is 338 g/mol. The Morgan fingerprint density at radius 1 is 1.17 bits per heavy atom. The normalized spacial score (nSPS) is 14.9. The molecule has 0 bridgehead atoms. The van der Waals surface area contributed by atoms with Gasteiger partial charge in [0.05, 0.1) is 11.3 Å². The fourth-order valence-corrected chi connectivity index (χ4v) is 3.28. The van der Waals surface area contributed by atoms with Gasteiger partial charge in [-0.25, -0.2) is 4.98 Å². The van der Waals surface area contributed by atoms with Gasteiger partial charge < -0.3 is 4.98 Å². The number of nitrogens with zero attached hydrogens (tertiary/aromatic N) is 1. The molecule has 1 N–H and O–H groups in total. The molecule has 0 spiro atoms. The molecule has 2 heterocycles. The van der Waals surface area contributed by atoms with Gasteiger partial charge in [0.1, 0.15) is 5.82 Å². The van der Waals surface area contributed by atoms with E-state index in [1.165, 1.54) is 12.1 Å². The summed E-state index contributed by atoms with van der Waals surface area (Å²) in [6, 6.07) is 4.82. The zero-order valence-electron chi connectivity index (χ0n) is 12.0. The van der Waals surface area contributed by atoms with Crippen molar-refractivity contribution in [2.45, 2.75) is 18.3 Å². The zero-order valence-corrected chi connectivity index (χ0v) is 12.8. The van der Waals surface area contributed by atoms with E-state index in [9.17, 15) is 18.0 Å². The second-order valence-corrected chi connectivity index (χ2v) is 6.24. The van der Waals surface area contributed by atoms with Crippen LogP contribution in [0.15, 0.2) is 29.1 Å². The molecule has 1 aromatic carbocycles. The Hall–Kier alpha value is -2.02. The van der Waals surface area contributed by atoms with Crippen molar-refractivity contribution >= 4 is 23.9 Å². The van der Waals surface area contributed by atoms with E-state index in [0.717, 1.165) is 30.0 Å². The predicted octanol–water partition coefficient (Wildman–Crippen LogP) is 3.75. The van der Waals surface area contributed by atoms with E-state index in [4.69, 9.17) is 0 Å². The van der Waals surface area contributed by atoms with Gasteiger partial charge in [0.25, 0.3) is 5.56 Å². The van der Waals surface area contributed by atoms with Crippen LogP contribution >= 0.6 is 11.8 Å². The zero-order chi connectivity index (χ0) is 16.4. The highest BCUT2D eigenvalue weighted by Crippen LogP contribution is 2.29. The molecule has 3 rings (SSSR count). The molecule has 0 amide bonds. The number of rotatable bonds is 2. The number of thioether (sulfide) groups is 1. The lowest BCUT2D eigenvalue weighted by Gasteiger charge is -2.13. The van der Waals surface area contributed by atoms with Crippen molar-refractivity contribution < 1.29 is 13.2 Å².